The molecule has 0 spiro atoms. The molecule has 2 aromatic rings. The number of hydrogen-bond acceptors (Lipinski definition) is 11. The summed E-state index contributed by atoms with van der Waals surface area (Å²) >= 11 is 1.75. The van der Waals surface area contributed by atoms with Gasteiger partial charge >= 0.3 is 11.7 Å². The van der Waals surface area contributed by atoms with Crippen molar-refractivity contribution in [3.63, 3.8) is 0 Å². The highest BCUT2D eigenvalue weighted by Gasteiger charge is 2.65. The van der Waals surface area contributed by atoms with Gasteiger partial charge in [0.1, 0.15) is 23.6 Å². The van der Waals surface area contributed by atoms with E-state index in [9.17, 15) is 9.59 Å². The molecule has 0 radical (unpaired) electrons. The molecule has 1 aromatic carbocycles. The molecule has 3 fully saturated rings. The van der Waals surface area contributed by atoms with Crippen LogP contribution in [0, 0.1) is 18.4 Å². The molecule has 15 heteroatoms. The van der Waals surface area contributed by atoms with E-state index in [-0.39, 0.29) is 23.2 Å². The minimum absolute atomic E-state index is 0.00191. The van der Waals surface area contributed by atoms with E-state index in [0.717, 1.165) is 48.7 Å². The zero-order chi connectivity index (χ0) is 32.9. The molecule has 2 aliphatic heterocycles. The molecule has 14 nitrogen and oxygen atoms in total. The van der Waals surface area contributed by atoms with Gasteiger partial charge in [-0.1, -0.05) is 18.2 Å². The number of nitrogens with zero attached hydrogens (tertiary/aromatic N) is 5. The number of aromatic nitrogens is 4. The van der Waals surface area contributed by atoms with Gasteiger partial charge in [0.2, 0.25) is 11.7 Å². The van der Waals surface area contributed by atoms with E-state index in [1.165, 1.54) is 6.42 Å². The lowest BCUT2D eigenvalue weighted by Crippen LogP contribution is -2.50. The third-order valence-corrected chi connectivity index (χ3v) is 10.1. The summed E-state index contributed by atoms with van der Waals surface area (Å²) in [6.07, 6.45) is 4.96. The molecule has 2 saturated heterocycles. The number of carbonyl (C=O) groups excluding carboxylic acids is 2. The summed E-state index contributed by atoms with van der Waals surface area (Å²) in [5.74, 6) is 4.13. The molecular formula is C32H45N8O6S+. The first-order valence-corrected chi connectivity index (χ1v) is 17.4. The lowest BCUT2D eigenvalue weighted by atomic mass is 9.96. The number of hydrogen-bond donors (Lipinski definition) is 3. The Bertz CT molecular complexity index is 1350. The zero-order valence-electron chi connectivity index (χ0n) is 26.9. The molecule has 1 aliphatic carbocycles. The van der Waals surface area contributed by atoms with E-state index >= 15 is 0 Å². The van der Waals surface area contributed by atoms with Crippen LogP contribution in [0.2, 0.25) is 0 Å². The number of carbonyl (C=O) groups is 2. The summed E-state index contributed by atoms with van der Waals surface area (Å²) in [5.41, 5.74) is 0.0986. The van der Waals surface area contributed by atoms with E-state index < -0.39 is 5.66 Å². The number of nitrogens with one attached hydrogen (secondary N) is 3. The molecule has 0 bridgehead atoms. The Hall–Kier alpha value is -3.58. The van der Waals surface area contributed by atoms with Crippen molar-refractivity contribution in [2.75, 3.05) is 58.5 Å². The number of ether oxygens (including phenoxy) is 4. The van der Waals surface area contributed by atoms with Crippen molar-refractivity contribution in [1.82, 2.24) is 36.3 Å². The average Bonchev–Trinajstić information content (AvgIpc) is 3.52. The Morgan fingerprint density at radius 2 is 1.70 bits per heavy atom. The first kappa shape index (κ1) is 34.7. The van der Waals surface area contributed by atoms with Gasteiger partial charge in [-0.25, -0.2) is 4.79 Å². The van der Waals surface area contributed by atoms with Gasteiger partial charge in [-0.2, -0.15) is 0 Å². The molecule has 1 aromatic heterocycles. The fourth-order valence-electron chi connectivity index (χ4n) is 5.69. The van der Waals surface area contributed by atoms with Crippen molar-refractivity contribution in [2.45, 2.75) is 62.4 Å². The highest BCUT2D eigenvalue weighted by Crippen LogP contribution is 2.42. The monoisotopic (exact) mass is 669 g/mol. The maximum atomic E-state index is 12.1. The van der Waals surface area contributed by atoms with E-state index in [2.05, 4.69) is 48.1 Å². The highest BCUT2D eigenvalue weighted by atomic mass is 32.2. The largest absolute Gasteiger partial charge is 0.491 e. The van der Waals surface area contributed by atoms with E-state index in [0.29, 0.717) is 76.8 Å². The minimum Gasteiger partial charge on any atom is -0.491 e. The molecule has 2 unspecified atom stereocenters. The van der Waals surface area contributed by atoms with E-state index in [1.807, 2.05) is 24.3 Å². The van der Waals surface area contributed by atoms with Crippen LogP contribution in [-0.2, 0) is 25.4 Å². The summed E-state index contributed by atoms with van der Waals surface area (Å²) in [5, 5.41) is 25.6. The SMILES string of the molecule is C#[N+][C@]12NC(=O)N[C@H]1CS[C@H]2CCCCC(=O)NCCOCCOCCOCCOc1ccc(-c2nnc(CC3CC3C)nn2)cc1. The summed E-state index contributed by atoms with van der Waals surface area (Å²) in [4.78, 5) is 27.8. The fourth-order valence-corrected chi connectivity index (χ4v) is 7.32. The van der Waals surface area contributed by atoms with Crippen molar-refractivity contribution >= 4 is 23.7 Å². The standard InChI is InChI=1S/C32H44N8O6S/c1-22-19-24(22)20-28-37-39-30(40-38-28)23-7-9-25(10-8-23)46-18-17-45-16-15-44-14-13-43-12-11-34-29(41)6-4-3-5-27-32(33-2)26(21-47-27)35-31(42)36-32/h2,7-10,22,24,26-27H,3-6,11-21H2,1H3,(H2-,34,35,36,41,42)/p+1/t22?,24?,26-,27-,32-/m0/s1. The van der Waals surface area contributed by atoms with Crippen LogP contribution in [0.3, 0.4) is 0 Å². The number of urea groups is 1. The normalized spacial score (nSPS) is 24.2. The zero-order valence-corrected chi connectivity index (χ0v) is 27.7. The van der Waals surface area contributed by atoms with E-state index in [4.69, 9.17) is 25.5 Å². The van der Waals surface area contributed by atoms with Crippen LogP contribution in [0.4, 0.5) is 4.79 Å². The second kappa shape index (κ2) is 17.5. The number of amides is 3. The molecule has 3 amide bonds. The number of unbranched alkanes of at least 4 members (excludes halogenated alkanes) is 1. The van der Waals surface area contributed by atoms with Gasteiger partial charge in [-0.15, -0.1) is 32.2 Å². The predicted molar refractivity (Wildman–Crippen MR) is 176 cm³/mol. The molecule has 3 N–H and O–H groups in total. The molecule has 254 valence electrons. The van der Waals surface area contributed by atoms with Gasteiger partial charge in [0.05, 0.1) is 39.6 Å². The third-order valence-electron chi connectivity index (χ3n) is 8.60. The predicted octanol–water partition coefficient (Wildman–Crippen LogP) is 2.69. The first-order chi connectivity index (χ1) is 23.0. The second-order valence-electron chi connectivity index (χ2n) is 12.1. The Morgan fingerprint density at radius 1 is 1.02 bits per heavy atom. The molecule has 1 saturated carbocycles. The van der Waals surface area contributed by atoms with Gasteiger partial charge in [-0.3, -0.25) is 10.1 Å². The van der Waals surface area contributed by atoms with Gasteiger partial charge in [-0.05, 0) is 55.4 Å². The Kier molecular flexibility index (Phi) is 13.0. The van der Waals surface area contributed by atoms with Gasteiger partial charge in [0.25, 0.3) is 6.57 Å². The summed E-state index contributed by atoms with van der Waals surface area (Å²) in [6.45, 7) is 11.4. The maximum Gasteiger partial charge on any atom is 0.389 e. The van der Waals surface area contributed by atoms with Crippen molar-refractivity contribution < 1.29 is 28.5 Å². The molecule has 3 heterocycles. The van der Waals surface area contributed by atoms with Crippen LogP contribution < -0.4 is 20.7 Å². The van der Waals surface area contributed by atoms with Crippen molar-refractivity contribution in [1.29, 1.82) is 0 Å². The van der Waals surface area contributed by atoms with Crippen molar-refractivity contribution in [2.24, 2.45) is 11.8 Å². The number of fused-ring (bicyclic) bond motifs is 1. The summed E-state index contributed by atoms with van der Waals surface area (Å²) in [7, 11) is 0. The van der Waals surface area contributed by atoms with Gasteiger partial charge in [0.15, 0.2) is 5.82 Å². The third kappa shape index (κ3) is 10.2. The Balaban J connectivity index is 0.796. The lowest BCUT2D eigenvalue weighted by molar-refractivity contribution is -0.121. The quantitative estimate of drug-likeness (QED) is 0.132. The average molecular weight is 670 g/mol. The van der Waals surface area contributed by atoms with Gasteiger partial charge in [0, 0.05) is 30.7 Å². The molecule has 5 atom stereocenters. The topological polar surface area (TPSA) is 163 Å². The first-order valence-electron chi connectivity index (χ1n) is 16.4. The van der Waals surface area contributed by atoms with Gasteiger partial charge < -0.3 is 29.6 Å². The van der Waals surface area contributed by atoms with Crippen LogP contribution in [-0.4, -0.2) is 108 Å². The molecular weight excluding hydrogens is 624 g/mol. The summed E-state index contributed by atoms with van der Waals surface area (Å²) in [6, 6.07) is 7.20. The maximum absolute atomic E-state index is 12.1. The molecule has 47 heavy (non-hydrogen) atoms. The molecule has 5 rings (SSSR count). The van der Waals surface area contributed by atoms with Crippen LogP contribution in [0.5, 0.6) is 5.75 Å². The Morgan fingerprint density at radius 3 is 2.38 bits per heavy atom. The van der Waals surface area contributed by atoms with Crippen LogP contribution in [0.25, 0.3) is 16.2 Å². The lowest BCUT2D eigenvalue weighted by Gasteiger charge is -2.17. The minimum atomic E-state index is -0.739. The Labute approximate surface area is 279 Å². The second-order valence-corrected chi connectivity index (χ2v) is 13.3. The smallest absolute Gasteiger partial charge is 0.389 e. The van der Waals surface area contributed by atoms with Crippen LogP contribution >= 0.6 is 11.8 Å². The van der Waals surface area contributed by atoms with Crippen LogP contribution in [0.15, 0.2) is 24.3 Å². The molecule has 3 aliphatic rings. The van der Waals surface area contributed by atoms with Crippen LogP contribution in [0.1, 0.15) is 44.9 Å². The highest BCUT2D eigenvalue weighted by molar-refractivity contribution is 8.00. The van der Waals surface area contributed by atoms with Crippen molar-refractivity contribution in [3.05, 3.63) is 34.9 Å². The van der Waals surface area contributed by atoms with Crippen molar-refractivity contribution in [3.8, 4) is 23.7 Å². The summed E-state index contributed by atoms with van der Waals surface area (Å²) < 4.78 is 22.4. The number of rotatable bonds is 21. The number of thioether (sulfide) groups is 1. The fraction of sp³-hybridized carbons (Fsp3) is 0.656. The number of benzene rings is 1. The van der Waals surface area contributed by atoms with E-state index in [1.54, 1.807) is 11.8 Å².